The quantitative estimate of drug-likeness (QED) is 0.752. The lowest BCUT2D eigenvalue weighted by Crippen LogP contribution is -2.45. The fourth-order valence-corrected chi connectivity index (χ4v) is 2.46. The minimum Gasteiger partial charge on any atom is -0.316 e. The van der Waals surface area contributed by atoms with Gasteiger partial charge < -0.3 is 10.2 Å². The smallest absolute Gasteiger partial charge is 0.00444 e. The van der Waals surface area contributed by atoms with Crippen LogP contribution in [0.2, 0.25) is 0 Å². The summed E-state index contributed by atoms with van der Waals surface area (Å²) >= 11 is 0. The van der Waals surface area contributed by atoms with Crippen LogP contribution in [-0.2, 0) is 0 Å². The maximum absolute atomic E-state index is 3.52. The van der Waals surface area contributed by atoms with Crippen LogP contribution in [0.4, 0.5) is 0 Å². The Morgan fingerprint density at radius 2 is 2.13 bits per heavy atom. The number of piperidine rings is 1. The molecule has 0 saturated carbocycles. The van der Waals surface area contributed by atoms with Crippen molar-refractivity contribution in [1.82, 2.24) is 10.2 Å². The van der Waals surface area contributed by atoms with Crippen molar-refractivity contribution < 1.29 is 0 Å². The zero-order valence-electron chi connectivity index (χ0n) is 11.0. The highest BCUT2D eigenvalue weighted by Gasteiger charge is 2.27. The van der Waals surface area contributed by atoms with Crippen LogP contribution in [-0.4, -0.2) is 38.1 Å². The molecule has 0 bridgehead atoms. The standard InChI is InChI=1S/C13H28N2/c1-12(2)6-9-15(4)11-13(3)7-5-8-14-10-13/h12,14H,5-11H2,1-4H3. The zero-order valence-corrected chi connectivity index (χ0v) is 11.0. The molecule has 2 heteroatoms. The summed E-state index contributed by atoms with van der Waals surface area (Å²) in [4.78, 5) is 2.51. The highest BCUT2D eigenvalue weighted by atomic mass is 15.1. The molecule has 1 N–H and O–H groups in total. The molecule has 0 aromatic heterocycles. The van der Waals surface area contributed by atoms with Gasteiger partial charge in [-0.05, 0) is 50.7 Å². The minimum atomic E-state index is 0.504. The predicted octanol–water partition coefficient (Wildman–Crippen LogP) is 2.35. The molecule has 1 aliphatic rings. The Kier molecular flexibility index (Phi) is 5.07. The van der Waals surface area contributed by atoms with Crippen molar-refractivity contribution in [1.29, 1.82) is 0 Å². The number of nitrogens with one attached hydrogen (secondary N) is 1. The van der Waals surface area contributed by atoms with Gasteiger partial charge in [-0.15, -0.1) is 0 Å². The summed E-state index contributed by atoms with van der Waals surface area (Å²) in [5, 5.41) is 3.52. The van der Waals surface area contributed by atoms with Crippen molar-refractivity contribution >= 4 is 0 Å². The van der Waals surface area contributed by atoms with Gasteiger partial charge in [-0.1, -0.05) is 20.8 Å². The molecule has 1 heterocycles. The first-order valence-electron chi connectivity index (χ1n) is 6.41. The molecule has 0 aromatic rings. The Hall–Kier alpha value is -0.0800. The van der Waals surface area contributed by atoms with Gasteiger partial charge in [-0.25, -0.2) is 0 Å². The fraction of sp³-hybridized carbons (Fsp3) is 1.00. The van der Waals surface area contributed by atoms with E-state index in [0.717, 1.165) is 5.92 Å². The number of hydrogen-bond acceptors (Lipinski definition) is 2. The van der Waals surface area contributed by atoms with E-state index in [9.17, 15) is 0 Å². The highest BCUT2D eigenvalue weighted by molar-refractivity contribution is 4.83. The van der Waals surface area contributed by atoms with E-state index in [4.69, 9.17) is 0 Å². The normalized spacial score (nSPS) is 27.6. The van der Waals surface area contributed by atoms with Crippen LogP contribution in [0.15, 0.2) is 0 Å². The molecule has 0 spiro atoms. The first kappa shape index (κ1) is 13.0. The van der Waals surface area contributed by atoms with Crippen LogP contribution >= 0.6 is 0 Å². The summed E-state index contributed by atoms with van der Waals surface area (Å²) in [5.41, 5.74) is 0.504. The van der Waals surface area contributed by atoms with Gasteiger partial charge in [0.05, 0.1) is 0 Å². The summed E-state index contributed by atoms with van der Waals surface area (Å²) in [7, 11) is 2.27. The molecule has 1 unspecified atom stereocenters. The minimum absolute atomic E-state index is 0.504. The molecular formula is C13H28N2. The largest absolute Gasteiger partial charge is 0.316 e. The third-order valence-electron chi connectivity index (χ3n) is 3.43. The highest BCUT2D eigenvalue weighted by Crippen LogP contribution is 2.26. The van der Waals surface area contributed by atoms with Crippen molar-refractivity contribution in [2.45, 2.75) is 40.0 Å². The molecule has 1 fully saturated rings. The zero-order chi connectivity index (χ0) is 11.3. The van der Waals surface area contributed by atoms with E-state index in [1.807, 2.05) is 0 Å². The van der Waals surface area contributed by atoms with Crippen LogP contribution in [0, 0.1) is 11.3 Å². The molecule has 90 valence electrons. The van der Waals surface area contributed by atoms with Crippen molar-refractivity contribution in [2.75, 3.05) is 33.2 Å². The monoisotopic (exact) mass is 212 g/mol. The molecule has 15 heavy (non-hydrogen) atoms. The Morgan fingerprint density at radius 3 is 2.67 bits per heavy atom. The number of rotatable bonds is 5. The van der Waals surface area contributed by atoms with Crippen molar-refractivity contribution in [3.05, 3.63) is 0 Å². The van der Waals surface area contributed by atoms with Gasteiger partial charge in [-0.2, -0.15) is 0 Å². The van der Waals surface area contributed by atoms with E-state index in [0.29, 0.717) is 5.41 Å². The molecule has 0 aromatic carbocycles. The second-order valence-corrected chi connectivity index (χ2v) is 6.01. The van der Waals surface area contributed by atoms with Crippen LogP contribution in [0.25, 0.3) is 0 Å². The molecule has 1 saturated heterocycles. The predicted molar refractivity (Wildman–Crippen MR) is 67.2 cm³/mol. The van der Waals surface area contributed by atoms with E-state index in [2.05, 4.69) is 38.0 Å². The molecule has 1 atom stereocenters. The van der Waals surface area contributed by atoms with E-state index in [1.165, 1.54) is 45.4 Å². The maximum atomic E-state index is 3.52. The molecule has 0 radical (unpaired) electrons. The number of nitrogens with zero attached hydrogens (tertiary/aromatic N) is 1. The lowest BCUT2D eigenvalue weighted by atomic mass is 9.82. The maximum Gasteiger partial charge on any atom is 0.00444 e. The molecule has 1 aliphatic heterocycles. The molecule has 2 nitrogen and oxygen atoms in total. The van der Waals surface area contributed by atoms with E-state index in [-0.39, 0.29) is 0 Å². The van der Waals surface area contributed by atoms with Crippen molar-refractivity contribution in [3.8, 4) is 0 Å². The summed E-state index contributed by atoms with van der Waals surface area (Å²) in [6, 6.07) is 0. The Bertz CT molecular complexity index is 171. The molecule has 0 aliphatic carbocycles. The average Bonchev–Trinajstić information content (AvgIpc) is 2.15. The summed E-state index contributed by atoms with van der Waals surface area (Å²) < 4.78 is 0. The second kappa shape index (κ2) is 5.86. The van der Waals surface area contributed by atoms with Crippen LogP contribution in [0.3, 0.4) is 0 Å². The van der Waals surface area contributed by atoms with E-state index < -0.39 is 0 Å². The van der Waals surface area contributed by atoms with Crippen LogP contribution < -0.4 is 5.32 Å². The Morgan fingerprint density at radius 1 is 1.40 bits per heavy atom. The van der Waals surface area contributed by atoms with Gasteiger partial charge in [-0.3, -0.25) is 0 Å². The lowest BCUT2D eigenvalue weighted by molar-refractivity contribution is 0.149. The molecule has 1 rings (SSSR count). The second-order valence-electron chi connectivity index (χ2n) is 6.01. The SMILES string of the molecule is CC(C)CCN(C)CC1(C)CCCNC1. The fourth-order valence-electron chi connectivity index (χ4n) is 2.46. The van der Waals surface area contributed by atoms with Gasteiger partial charge in [0, 0.05) is 13.1 Å². The summed E-state index contributed by atoms with van der Waals surface area (Å²) in [6.07, 6.45) is 4.04. The first-order chi connectivity index (χ1) is 7.02. The topological polar surface area (TPSA) is 15.3 Å². The number of hydrogen-bond donors (Lipinski definition) is 1. The Labute approximate surface area is 95.4 Å². The summed E-state index contributed by atoms with van der Waals surface area (Å²) in [6.45, 7) is 11.9. The van der Waals surface area contributed by atoms with Crippen LogP contribution in [0.1, 0.15) is 40.0 Å². The van der Waals surface area contributed by atoms with Crippen LogP contribution in [0.5, 0.6) is 0 Å². The van der Waals surface area contributed by atoms with Crippen molar-refractivity contribution in [2.24, 2.45) is 11.3 Å². The third-order valence-corrected chi connectivity index (χ3v) is 3.43. The first-order valence-corrected chi connectivity index (χ1v) is 6.41. The average molecular weight is 212 g/mol. The lowest BCUT2D eigenvalue weighted by Gasteiger charge is -2.37. The van der Waals surface area contributed by atoms with E-state index in [1.54, 1.807) is 0 Å². The third kappa shape index (κ3) is 4.98. The van der Waals surface area contributed by atoms with Gasteiger partial charge in [0.1, 0.15) is 0 Å². The van der Waals surface area contributed by atoms with Gasteiger partial charge in [0.2, 0.25) is 0 Å². The molecular weight excluding hydrogens is 184 g/mol. The van der Waals surface area contributed by atoms with Gasteiger partial charge >= 0.3 is 0 Å². The van der Waals surface area contributed by atoms with Gasteiger partial charge in [0.25, 0.3) is 0 Å². The van der Waals surface area contributed by atoms with Gasteiger partial charge in [0.15, 0.2) is 0 Å². The summed E-state index contributed by atoms with van der Waals surface area (Å²) in [5.74, 6) is 0.824. The van der Waals surface area contributed by atoms with E-state index >= 15 is 0 Å². The Balaban J connectivity index is 2.25. The molecule has 0 amide bonds. The van der Waals surface area contributed by atoms with Crippen molar-refractivity contribution in [3.63, 3.8) is 0 Å².